The van der Waals surface area contributed by atoms with Gasteiger partial charge in [0.2, 0.25) is 5.91 Å². The Hall–Kier alpha value is -2.82. The van der Waals surface area contributed by atoms with Gasteiger partial charge in [-0.05, 0) is 30.2 Å². The van der Waals surface area contributed by atoms with E-state index in [1.54, 1.807) is 11.1 Å². The van der Waals surface area contributed by atoms with Crippen molar-refractivity contribution in [2.24, 2.45) is 0 Å². The standard InChI is InChI=1S/C16H24N8O3/c1-3-5-24-12(2)13(7-18-24)15(27)22-9-16(10-22,4-6-25)19-14(26)8-23-11-17-20-21-23/h7,11,25H,3-6,8-10H2,1-2H3,(H,19,26). The lowest BCUT2D eigenvalue weighted by molar-refractivity contribution is -0.126. The molecule has 146 valence electrons. The number of aliphatic hydroxyl groups excluding tert-OH is 1. The minimum atomic E-state index is -0.636. The Bertz CT molecular complexity index is 795. The van der Waals surface area contributed by atoms with Crippen molar-refractivity contribution in [3.63, 3.8) is 0 Å². The molecule has 0 aliphatic carbocycles. The Kier molecular flexibility index (Phi) is 5.49. The molecule has 1 aliphatic rings. The zero-order valence-electron chi connectivity index (χ0n) is 15.5. The zero-order chi connectivity index (χ0) is 19.4. The van der Waals surface area contributed by atoms with E-state index in [0.29, 0.717) is 25.1 Å². The maximum Gasteiger partial charge on any atom is 0.257 e. The van der Waals surface area contributed by atoms with E-state index in [-0.39, 0.29) is 25.0 Å². The number of tetrazole rings is 1. The van der Waals surface area contributed by atoms with Gasteiger partial charge in [-0.2, -0.15) is 5.10 Å². The van der Waals surface area contributed by atoms with Crippen LogP contribution in [0.15, 0.2) is 12.5 Å². The van der Waals surface area contributed by atoms with Crippen LogP contribution in [0.25, 0.3) is 0 Å². The fraction of sp³-hybridized carbons (Fsp3) is 0.625. The summed E-state index contributed by atoms with van der Waals surface area (Å²) in [6, 6.07) is 0. The number of carbonyl (C=O) groups is 2. The predicted molar refractivity (Wildman–Crippen MR) is 93.6 cm³/mol. The van der Waals surface area contributed by atoms with Gasteiger partial charge in [0, 0.05) is 31.9 Å². The molecule has 0 saturated carbocycles. The number of amides is 2. The molecule has 0 bridgehead atoms. The highest BCUT2D eigenvalue weighted by molar-refractivity contribution is 5.96. The average Bonchev–Trinajstić information content (AvgIpc) is 3.22. The predicted octanol–water partition coefficient (Wildman–Crippen LogP) is -1.02. The summed E-state index contributed by atoms with van der Waals surface area (Å²) in [5, 5.41) is 27.2. The van der Waals surface area contributed by atoms with Crippen LogP contribution in [0.3, 0.4) is 0 Å². The fourth-order valence-corrected chi connectivity index (χ4v) is 3.34. The van der Waals surface area contributed by atoms with Crippen LogP contribution >= 0.6 is 0 Å². The van der Waals surface area contributed by atoms with Gasteiger partial charge in [-0.3, -0.25) is 14.3 Å². The van der Waals surface area contributed by atoms with E-state index in [9.17, 15) is 14.7 Å². The van der Waals surface area contributed by atoms with Crippen LogP contribution in [-0.2, 0) is 17.9 Å². The molecular weight excluding hydrogens is 352 g/mol. The van der Waals surface area contributed by atoms with Gasteiger partial charge >= 0.3 is 0 Å². The molecule has 0 aromatic carbocycles. The number of rotatable bonds is 8. The number of nitrogens with zero attached hydrogens (tertiary/aromatic N) is 7. The highest BCUT2D eigenvalue weighted by Gasteiger charge is 2.46. The quantitative estimate of drug-likeness (QED) is 0.603. The first-order valence-electron chi connectivity index (χ1n) is 8.92. The third-order valence-corrected chi connectivity index (χ3v) is 4.74. The first kappa shape index (κ1) is 19.0. The van der Waals surface area contributed by atoms with Crippen molar-refractivity contribution in [2.75, 3.05) is 19.7 Å². The molecular formula is C16H24N8O3. The van der Waals surface area contributed by atoms with Crippen LogP contribution in [0.2, 0.25) is 0 Å². The van der Waals surface area contributed by atoms with E-state index in [4.69, 9.17) is 0 Å². The third-order valence-electron chi connectivity index (χ3n) is 4.74. The summed E-state index contributed by atoms with van der Waals surface area (Å²) in [5.74, 6) is -0.382. The maximum absolute atomic E-state index is 12.8. The summed E-state index contributed by atoms with van der Waals surface area (Å²) in [6.45, 7) is 5.28. The van der Waals surface area contributed by atoms with Gasteiger partial charge in [-0.15, -0.1) is 5.10 Å². The first-order valence-corrected chi connectivity index (χ1v) is 8.92. The van der Waals surface area contributed by atoms with Gasteiger partial charge in [-0.1, -0.05) is 6.92 Å². The topological polar surface area (TPSA) is 131 Å². The summed E-state index contributed by atoms with van der Waals surface area (Å²) < 4.78 is 3.14. The summed E-state index contributed by atoms with van der Waals surface area (Å²) in [6.07, 6.45) is 4.25. The Morgan fingerprint density at radius 2 is 2.15 bits per heavy atom. The lowest BCUT2D eigenvalue weighted by Gasteiger charge is -2.50. The van der Waals surface area contributed by atoms with E-state index < -0.39 is 5.54 Å². The number of carbonyl (C=O) groups excluding carboxylic acids is 2. The van der Waals surface area contributed by atoms with Gasteiger partial charge in [0.15, 0.2) is 0 Å². The van der Waals surface area contributed by atoms with Gasteiger partial charge in [0.1, 0.15) is 12.9 Å². The molecule has 3 heterocycles. The zero-order valence-corrected chi connectivity index (χ0v) is 15.5. The van der Waals surface area contributed by atoms with E-state index in [1.165, 1.54) is 11.0 Å². The molecule has 2 N–H and O–H groups in total. The number of hydrogen-bond donors (Lipinski definition) is 2. The molecule has 0 atom stereocenters. The second kappa shape index (κ2) is 7.82. The van der Waals surface area contributed by atoms with E-state index >= 15 is 0 Å². The van der Waals surface area contributed by atoms with Crippen molar-refractivity contribution < 1.29 is 14.7 Å². The Morgan fingerprint density at radius 1 is 1.37 bits per heavy atom. The molecule has 1 aliphatic heterocycles. The SMILES string of the molecule is CCCn1ncc(C(=O)N2CC(CCO)(NC(=O)Cn3cnnn3)C2)c1C. The average molecular weight is 376 g/mol. The van der Waals surface area contributed by atoms with Gasteiger partial charge in [-0.25, -0.2) is 4.68 Å². The molecule has 11 nitrogen and oxygen atoms in total. The molecule has 2 aromatic rings. The van der Waals surface area contributed by atoms with Crippen molar-refractivity contribution in [3.05, 3.63) is 23.8 Å². The molecule has 0 spiro atoms. The van der Waals surface area contributed by atoms with Crippen LogP contribution < -0.4 is 5.32 Å². The molecule has 0 radical (unpaired) electrons. The normalized spacial score (nSPS) is 15.4. The van der Waals surface area contributed by atoms with Crippen molar-refractivity contribution in [3.8, 4) is 0 Å². The number of aromatic nitrogens is 6. The second-order valence-electron chi connectivity index (χ2n) is 6.84. The molecule has 11 heteroatoms. The van der Waals surface area contributed by atoms with Crippen LogP contribution in [0.5, 0.6) is 0 Å². The first-order chi connectivity index (χ1) is 13.0. The number of hydrogen-bond acceptors (Lipinski definition) is 7. The van der Waals surface area contributed by atoms with Crippen molar-refractivity contribution >= 4 is 11.8 Å². The lowest BCUT2D eigenvalue weighted by atomic mass is 9.85. The largest absolute Gasteiger partial charge is 0.396 e. The van der Waals surface area contributed by atoms with Crippen molar-refractivity contribution in [1.82, 2.24) is 40.2 Å². The molecule has 2 amide bonds. The van der Waals surface area contributed by atoms with Crippen LogP contribution in [0.1, 0.15) is 35.8 Å². The number of likely N-dealkylation sites (tertiary alicyclic amines) is 1. The van der Waals surface area contributed by atoms with Crippen molar-refractivity contribution in [1.29, 1.82) is 0 Å². The van der Waals surface area contributed by atoms with Gasteiger partial charge in [0.25, 0.3) is 5.91 Å². The summed E-state index contributed by atoms with van der Waals surface area (Å²) >= 11 is 0. The molecule has 2 aromatic heterocycles. The van der Waals surface area contributed by atoms with Crippen LogP contribution in [0, 0.1) is 6.92 Å². The second-order valence-corrected chi connectivity index (χ2v) is 6.84. The highest BCUT2D eigenvalue weighted by atomic mass is 16.3. The Balaban J connectivity index is 1.62. The maximum atomic E-state index is 12.8. The van der Waals surface area contributed by atoms with E-state index in [2.05, 4.69) is 32.9 Å². The smallest absolute Gasteiger partial charge is 0.257 e. The molecule has 27 heavy (non-hydrogen) atoms. The Labute approximate surface area is 156 Å². The molecule has 1 fully saturated rings. The fourth-order valence-electron chi connectivity index (χ4n) is 3.34. The minimum absolute atomic E-state index is 0.0168. The number of nitrogens with one attached hydrogen (secondary N) is 1. The van der Waals surface area contributed by atoms with Crippen molar-refractivity contribution in [2.45, 2.75) is 45.3 Å². The minimum Gasteiger partial charge on any atom is -0.396 e. The molecule has 3 rings (SSSR count). The lowest BCUT2D eigenvalue weighted by Crippen LogP contribution is -2.71. The van der Waals surface area contributed by atoms with Crippen LogP contribution in [-0.4, -0.2) is 77.0 Å². The number of aryl methyl sites for hydroxylation is 1. The van der Waals surface area contributed by atoms with Gasteiger partial charge in [0.05, 0.1) is 17.3 Å². The summed E-state index contributed by atoms with van der Waals surface area (Å²) in [5.41, 5.74) is 0.772. The monoisotopic (exact) mass is 376 g/mol. The Morgan fingerprint density at radius 3 is 2.78 bits per heavy atom. The van der Waals surface area contributed by atoms with E-state index in [1.807, 2.05) is 11.6 Å². The summed E-state index contributed by atoms with van der Waals surface area (Å²) in [4.78, 5) is 26.7. The molecule has 1 saturated heterocycles. The summed E-state index contributed by atoms with van der Waals surface area (Å²) in [7, 11) is 0. The highest BCUT2D eigenvalue weighted by Crippen LogP contribution is 2.27. The van der Waals surface area contributed by atoms with Gasteiger partial charge < -0.3 is 15.3 Å². The van der Waals surface area contributed by atoms with E-state index in [0.717, 1.165) is 18.7 Å². The number of aliphatic hydroxyl groups is 1. The third kappa shape index (κ3) is 3.97. The molecule has 0 unspecified atom stereocenters. The van der Waals surface area contributed by atoms with Crippen LogP contribution in [0.4, 0.5) is 0 Å².